The van der Waals surface area contributed by atoms with Crippen molar-refractivity contribution in [2.75, 3.05) is 4.90 Å². The molecule has 0 radical (unpaired) electrons. The zero-order valence-corrected chi connectivity index (χ0v) is 14.1. The van der Waals surface area contributed by atoms with Gasteiger partial charge in [0, 0.05) is 17.7 Å². The first-order valence-corrected chi connectivity index (χ1v) is 8.25. The Morgan fingerprint density at radius 1 is 1.20 bits per heavy atom. The summed E-state index contributed by atoms with van der Waals surface area (Å²) in [6.07, 6.45) is -3.84. The minimum atomic E-state index is -4.41. The largest absolute Gasteiger partial charge is 0.467 e. The standard InChI is InChI=1S/C18H15F3N2OS/c1-17-10-14(13-7-2-3-8-15(13)24-17)22-16(25)23(17)12-6-4-5-11(9-12)18(19,20)21/h2-9,14H,10H2,1H3,(H,22,25). The second-order valence-electron chi connectivity index (χ2n) is 6.40. The number of fused-ring (bicyclic) bond motifs is 4. The van der Waals surface area contributed by atoms with E-state index in [-0.39, 0.29) is 6.04 Å². The van der Waals surface area contributed by atoms with E-state index in [2.05, 4.69) is 5.32 Å². The predicted molar refractivity (Wildman–Crippen MR) is 92.5 cm³/mol. The number of hydrogen-bond donors (Lipinski definition) is 1. The van der Waals surface area contributed by atoms with E-state index in [9.17, 15) is 13.2 Å². The molecule has 0 saturated carbocycles. The predicted octanol–water partition coefficient (Wildman–Crippen LogP) is 4.64. The summed E-state index contributed by atoms with van der Waals surface area (Å²) in [5.41, 5.74) is -0.209. The highest BCUT2D eigenvalue weighted by Gasteiger charge is 2.48. The number of halogens is 3. The van der Waals surface area contributed by atoms with Crippen molar-refractivity contribution in [3.63, 3.8) is 0 Å². The topological polar surface area (TPSA) is 24.5 Å². The van der Waals surface area contributed by atoms with Crippen LogP contribution >= 0.6 is 12.2 Å². The van der Waals surface area contributed by atoms with Crippen molar-refractivity contribution >= 4 is 23.0 Å². The van der Waals surface area contributed by atoms with Gasteiger partial charge in [-0.05, 0) is 43.4 Å². The van der Waals surface area contributed by atoms with Crippen LogP contribution in [0.5, 0.6) is 5.75 Å². The van der Waals surface area contributed by atoms with Gasteiger partial charge in [-0.2, -0.15) is 13.2 Å². The van der Waals surface area contributed by atoms with E-state index < -0.39 is 17.5 Å². The molecular formula is C18H15F3N2OS. The Balaban J connectivity index is 1.78. The SMILES string of the molecule is CC12CC(NC(=S)N1c1cccc(C(F)(F)F)c1)c1ccccc1O2. The second kappa shape index (κ2) is 5.36. The second-order valence-corrected chi connectivity index (χ2v) is 6.79. The molecule has 7 heteroatoms. The zero-order chi connectivity index (χ0) is 17.8. The molecule has 2 aromatic carbocycles. The fraction of sp³-hybridized carbons (Fsp3) is 0.278. The molecule has 0 amide bonds. The third kappa shape index (κ3) is 2.63. The number of ether oxygens (including phenoxy) is 1. The van der Waals surface area contributed by atoms with E-state index in [1.54, 1.807) is 11.0 Å². The molecule has 2 unspecified atom stereocenters. The zero-order valence-electron chi connectivity index (χ0n) is 13.3. The van der Waals surface area contributed by atoms with Crippen molar-refractivity contribution in [1.29, 1.82) is 0 Å². The lowest BCUT2D eigenvalue weighted by Gasteiger charge is -2.52. The maximum atomic E-state index is 13.1. The first-order chi connectivity index (χ1) is 11.8. The van der Waals surface area contributed by atoms with E-state index in [0.29, 0.717) is 23.0 Å². The molecule has 2 heterocycles. The maximum absolute atomic E-state index is 13.1. The minimum Gasteiger partial charge on any atom is -0.467 e. The first-order valence-electron chi connectivity index (χ1n) is 7.84. The van der Waals surface area contributed by atoms with Crippen LogP contribution in [-0.2, 0) is 6.18 Å². The molecule has 2 bridgehead atoms. The van der Waals surface area contributed by atoms with Gasteiger partial charge in [0.1, 0.15) is 5.75 Å². The number of rotatable bonds is 1. The van der Waals surface area contributed by atoms with Crippen LogP contribution in [0.2, 0.25) is 0 Å². The summed E-state index contributed by atoms with van der Waals surface area (Å²) in [5, 5.41) is 3.59. The summed E-state index contributed by atoms with van der Waals surface area (Å²) in [5.74, 6) is 0.716. The van der Waals surface area contributed by atoms with Gasteiger partial charge in [-0.3, -0.25) is 4.90 Å². The van der Waals surface area contributed by atoms with Gasteiger partial charge in [-0.1, -0.05) is 24.3 Å². The van der Waals surface area contributed by atoms with Crippen molar-refractivity contribution in [3.8, 4) is 5.75 Å². The molecule has 2 aliphatic rings. The fourth-order valence-electron chi connectivity index (χ4n) is 3.53. The molecule has 1 saturated heterocycles. The van der Waals surface area contributed by atoms with Gasteiger partial charge in [0.05, 0.1) is 11.6 Å². The Morgan fingerprint density at radius 3 is 2.72 bits per heavy atom. The molecule has 2 atom stereocenters. The molecule has 1 N–H and O–H groups in total. The van der Waals surface area contributed by atoms with Crippen LogP contribution in [0.4, 0.5) is 18.9 Å². The lowest BCUT2D eigenvalue weighted by molar-refractivity contribution is -0.137. The Bertz CT molecular complexity index is 854. The Labute approximate surface area is 148 Å². The third-order valence-corrected chi connectivity index (χ3v) is 4.91. The highest BCUT2D eigenvalue weighted by molar-refractivity contribution is 7.80. The molecule has 4 rings (SSSR count). The highest BCUT2D eigenvalue weighted by Crippen LogP contribution is 2.46. The van der Waals surface area contributed by atoms with Gasteiger partial charge in [0.15, 0.2) is 10.8 Å². The van der Waals surface area contributed by atoms with Gasteiger partial charge in [-0.25, -0.2) is 0 Å². The normalized spacial score (nSPS) is 25.0. The highest BCUT2D eigenvalue weighted by atomic mass is 32.1. The molecule has 2 aromatic rings. The minimum absolute atomic E-state index is 0.0236. The van der Waals surface area contributed by atoms with Crippen LogP contribution in [0.3, 0.4) is 0 Å². The van der Waals surface area contributed by atoms with E-state index in [1.807, 2.05) is 31.2 Å². The van der Waals surface area contributed by atoms with E-state index >= 15 is 0 Å². The summed E-state index contributed by atoms with van der Waals surface area (Å²) >= 11 is 5.45. The van der Waals surface area contributed by atoms with Crippen LogP contribution in [0.25, 0.3) is 0 Å². The number of thiocarbonyl (C=S) groups is 1. The Hall–Kier alpha value is -2.28. The molecule has 25 heavy (non-hydrogen) atoms. The lowest BCUT2D eigenvalue weighted by Crippen LogP contribution is -2.65. The van der Waals surface area contributed by atoms with Crippen molar-refractivity contribution in [1.82, 2.24) is 5.32 Å². The number of benzene rings is 2. The van der Waals surface area contributed by atoms with Crippen molar-refractivity contribution in [2.45, 2.75) is 31.3 Å². The molecule has 0 aliphatic carbocycles. The van der Waals surface area contributed by atoms with Crippen LogP contribution in [0.15, 0.2) is 48.5 Å². The summed E-state index contributed by atoms with van der Waals surface area (Å²) in [7, 11) is 0. The Kier molecular flexibility index (Phi) is 3.47. The molecule has 1 fully saturated rings. The number of hydrogen-bond acceptors (Lipinski definition) is 2. The number of para-hydroxylation sites is 1. The molecular weight excluding hydrogens is 349 g/mol. The fourth-order valence-corrected chi connectivity index (χ4v) is 3.98. The maximum Gasteiger partial charge on any atom is 0.416 e. The number of anilines is 1. The van der Waals surface area contributed by atoms with Crippen LogP contribution in [0.1, 0.15) is 30.5 Å². The Morgan fingerprint density at radius 2 is 1.96 bits per heavy atom. The monoisotopic (exact) mass is 364 g/mol. The van der Waals surface area contributed by atoms with Crippen LogP contribution in [-0.4, -0.2) is 10.8 Å². The summed E-state index contributed by atoms with van der Waals surface area (Å²) in [4.78, 5) is 1.63. The molecule has 0 spiro atoms. The average Bonchev–Trinajstić information content (AvgIpc) is 2.53. The summed E-state index contributed by atoms with van der Waals surface area (Å²) in [6, 6.07) is 12.7. The first kappa shape index (κ1) is 16.2. The lowest BCUT2D eigenvalue weighted by atomic mass is 9.90. The third-order valence-electron chi connectivity index (χ3n) is 4.61. The number of nitrogens with zero attached hydrogens (tertiary/aromatic N) is 1. The van der Waals surface area contributed by atoms with Crippen LogP contribution < -0.4 is 15.0 Å². The number of nitrogens with one attached hydrogen (secondary N) is 1. The van der Waals surface area contributed by atoms with Crippen molar-refractivity contribution in [2.24, 2.45) is 0 Å². The smallest absolute Gasteiger partial charge is 0.416 e. The molecule has 130 valence electrons. The van der Waals surface area contributed by atoms with E-state index in [4.69, 9.17) is 17.0 Å². The molecule has 2 aliphatic heterocycles. The number of alkyl halides is 3. The van der Waals surface area contributed by atoms with Crippen molar-refractivity contribution < 1.29 is 17.9 Å². The average molecular weight is 364 g/mol. The molecule has 0 aromatic heterocycles. The van der Waals surface area contributed by atoms with Gasteiger partial charge in [0.2, 0.25) is 0 Å². The summed E-state index contributed by atoms with van der Waals surface area (Å²) in [6.45, 7) is 1.85. The van der Waals surface area contributed by atoms with E-state index in [0.717, 1.165) is 17.7 Å². The molecule has 3 nitrogen and oxygen atoms in total. The quantitative estimate of drug-likeness (QED) is 0.745. The van der Waals surface area contributed by atoms with Gasteiger partial charge in [-0.15, -0.1) is 0 Å². The summed E-state index contributed by atoms with van der Waals surface area (Å²) < 4.78 is 45.4. The van der Waals surface area contributed by atoms with Gasteiger partial charge >= 0.3 is 6.18 Å². The van der Waals surface area contributed by atoms with Gasteiger partial charge < -0.3 is 10.1 Å². The van der Waals surface area contributed by atoms with Crippen LogP contribution in [0, 0.1) is 0 Å². The van der Waals surface area contributed by atoms with Crippen molar-refractivity contribution in [3.05, 3.63) is 59.7 Å². The van der Waals surface area contributed by atoms with E-state index in [1.165, 1.54) is 6.07 Å². The van der Waals surface area contributed by atoms with Gasteiger partial charge in [0.25, 0.3) is 0 Å².